The van der Waals surface area contributed by atoms with Crippen molar-refractivity contribution in [1.82, 2.24) is 0 Å². The highest BCUT2D eigenvalue weighted by Crippen LogP contribution is 2.26. The number of rotatable bonds is 8. The molecule has 6 heteroatoms. The zero-order valence-corrected chi connectivity index (χ0v) is 12.5. The molecule has 0 spiro atoms. The Morgan fingerprint density at radius 2 is 2.29 bits per heavy atom. The maximum atomic E-state index is 10.7. The van der Waals surface area contributed by atoms with Crippen LogP contribution in [0.2, 0.25) is 5.02 Å². The number of nitrogens with zero attached hydrogens (tertiary/aromatic N) is 2. The third-order valence-corrected chi connectivity index (χ3v) is 3.03. The average molecular weight is 309 g/mol. The van der Waals surface area contributed by atoms with Gasteiger partial charge in [0, 0.05) is 37.0 Å². The Hall–Kier alpha value is -2.03. The highest BCUT2D eigenvalue weighted by molar-refractivity contribution is 6.31. The van der Waals surface area contributed by atoms with E-state index in [1.54, 1.807) is 25.3 Å². The maximum Gasteiger partial charge on any atom is 0.328 e. The summed E-state index contributed by atoms with van der Waals surface area (Å²) in [6.07, 6.45) is 2.95. The van der Waals surface area contributed by atoms with E-state index in [0.29, 0.717) is 31.1 Å². The first kappa shape index (κ1) is 17.0. The van der Waals surface area contributed by atoms with E-state index in [4.69, 9.17) is 26.7 Å². The number of nitriles is 1. The van der Waals surface area contributed by atoms with E-state index in [0.717, 1.165) is 17.3 Å². The zero-order chi connectivity index (χ0) is 15.7. The van der Waals surface area contributed by atoms with E-state index >= 15 is 0 Å². The number of carboxylic acids is 1. The van der Waals surface area contributed by atoms with Gasteiger partial charge >= 0.3 is 5.97 Å². The van der Waals surface area contributed by atoms with Crippen molar-refractivity contribution in [2.45, 2.75) is 6.42 Å². The molecule has 0 unspecified atom stereocenters. The number of benzene rings is 1. The standard InChI is InChI=1S/C15H17ClN2O3/c1-21-10-9-18(8-2-7-17)14-11-13(16)5-3-12(14)4-6-15(19)20/h3-6,11H,2,8-10H2,1H3,(H,19,20)/b6-4+. The number of carboxylic acid groups (broad SMARTS) is 1. The molecule has 21 heavy (non-hydrogen) atoms. The van der Waals surface area contributed by atoms with Crippen molar-refractivity contribution in [1.29, 1.82) is 5.26 Å². The van der Waals surface area contributed by atoms with Crippen molar-refractivity contribution in [2.75, 3.05) is 31.7 Å². The number of hydrogen-bond donors (Lipinski definition) is 1. The molecule has 0 bridgehead atoms. The monoisotopic (exact) mass is 308 g/mol. The molecule has 0 saturated carbocycles. The molecule has 1 aromatic rings. The Morgan fingerprint density at radius 1 is 1.52 bits per heavy atom. The van der Waals surface area contributed by atoms with Gasteiger partial charge in [0.15, 0.2) is 0 Å². The van der Waals surface area contributed by atoms with Crippen LogP contribution in [0.15, 0.2) is 24.3 Å². The van der Waals surface area contributed by atoms with Crippen molar-refractivity contribution in [3.63, 3.8) is 0 Å². The van der Waals surface area contributed by atoms with Crippen molar-refractivity contribution in [3.05, 3.63) is 34.9 Å². The van der Waals surface area contributed by atoms with Crippen LogP contribution in [0, 0.1) is 11.3 Å². The highest BCUT2D eigenvalue weighted by Gasteiger charge is 2.11. The average Bonchev–Trinajstić information content (AvgIpc) is 2.46. The fourth-order valence-corrected chi connectivity index (χ4v) is 2.00. The summed E-state index contributed by atoms with van der Waals surface area (Å²) in [5.74, 6) is -1.02. The van der Waals surface area contributed by atoms with Crippen LogP contribution in [0.3, 0.4) is 0 Å². The Labute approximate surface area is 129 Å². The lowest BCUT2D eigenvalue weighted by atomic mass is 10.1. The summed E-state index contributed by atoms with van der Waals surface area (Å²) in [6.45, 7) is 1.61. The van der Waals surface area contributed by atoms with Crippen LogP contribution in [-0.4, -0.2) is 37.9 Å². The fraction of sp³-hybridized carbons (Fsp3) is 0.333. The van der Waals surface area contributed by atoms with E-state index in [9.17, 15) is 4.79 Å². The molecule has 0 aromatic heterocycles. The number of halogens is 1. The van der Waals surface area contributed by atoms with Crippen LogP contribution in [-0.2, 0) is 9.53 Å². The van der Waals surface area contributed by atoms with Crippen LogP contribution in [0.4, 0.5) is 5.69 Å². The Kier molecular flexibility index (Phi) is 7.30. The minimum atomic E-state index is -1.02. The summed E-state index contributed by atoms with van der Waals surface area (Å²) in [5, 5.41) is 18.1. The Bertz CT molecular complexity index is 552. The van der Waals surface area contributed by atoms with Gasteiger partial charge in [-0.15, -0.1) is 0 Å². The van der Waals surface area contributed by atoms with E-state index in [-0.39, 0.29) is 0 Å². The molecule has 112 valence electrons. The number of methoxy groups -OCH3 is 1. The van der Waals surface area contributed by atoms with E-state index < -0.39 is 5.97 Å². The third-order valence-electron chi connectivity index (χ3n) is 2.80. The van der Waals surface area contributed by atoms with Gasteiger partial charge in [-0.25, -0.2) is 4.79 Å². The van der Waals surface area contributed by atoms with Crippen LogP contribution in [0.5, 0.6) is 0 Å². The summed E-state index contributed by atoms with van der Waals surface area (Å²) in [6, 6.07) is 7.31. The second-order valence-corrected chi connectivity index (χ2v) is 4.70. The molecule has 0 aliphatic carbocycles. The normalized spacial score (nSPS) is 10.5. The SMILES string of the molecule is COCCN(CCC#N)c1cc(Cl)ccc1/C=C/C(=O)O. The van der Waals surface area contributed by atoms with Crippen molar-refractivity contribution < 1.29 is 14.6 Å². The lowest BCUT2D eigenvalue weighted by Gasteiger charge is -2.25. The van der Waals surface area contributed by atoms with Gasteiger partial charge in [-0.2, -0.15) is 5.26 Å². The van der Waals surface area contributed by atoms with Gasteiger partial charge in [0.2, 0.25) is 0 Å². The molecule has 0 radical (unpaired) electrons. The minimum Gasteiger partial charge on any atom is -0.478 e. The van der Waals surface area contributed by atoms with E-state index in [1.807, 2.05) is 4.90 Å². The van der Waals surface area contributed by atoms with Gasteiger partial charge in [0.05, 0.1) is 19.1 Å². The lowest BCUT2D eigenvalue weighted by Crippen LogP contribution is -2.28. The Balaban J connectivity index is 3.11. The molecule has 0 heterocycles. The second kappa shape index (κ2) is 9.01. The van der Waals surface area contributed by atoms with Crippen LogP contribution in [0.1, 0.15) is 12.0 Å². The van der Waals surface area contributed by atoms with Gasteiger partial charge in [-0.3, -0.25) is 0 Å². The molecule has 1 rings (SSSR count). The first-order valence-electron chi connectivity index (χ1n) is 6.40. The zero-order valence-electron chi connectivity index (χ0n) is 11.8. The van der Waals surface area contributed by atoms with Gasteiger partial charge in [-0.1, -0.05) is 17.7 Å². The smallest absolute Gasteiger partial charge is 0.328 e. The predicted molar refractivity (Wildman–Crippen MR) is 82.4 cm³/mol. The second-order valence-electron chi connectivity index (χ2n) is 4.26. The summed E-state index contributed by atoms with van der Waals surface area (Å²) >= 11 is 6.03. The van der Waals surface area contributed by atoms with Crippen molar-refractivity contribution >= 4 is 29.3 Å². The largest absolute Gasteiger partial charge is 0.478 e. The molecule has 0 fully saturated rings. The predicted octanol–water partition coefficient (Wildman–Crippen LogP) is 2.80. The number of ether oxygens (including phenoxy) is 1. The van der Waals surface area contributed by atoms with Gasteiger partial charge < -0.3 is 14.7 Å². The summed E-state index contributed by atoms with van der Waals surface area (Å²) < 4.78 is 5.07. The number of hydrogen-bond acceptors (Lipinski definition) is 4. The molecule has 0 saturated heterocycles. The van der Waals surface area contributed by atoms with Crippen LogP contribution >= 0.6 is 11.6 Å². The molecule has 1 aromatic carbocycles. The maximum absolute atomic E-state index is 10.7. The van der Waals surface area contributed by atoms with Crippen molar-refractivity contribution in [3.8, 4) is 6.07 Å². The van der Waals surface area contributed by atoms with Gasteiger partial charge in [0.1, 0.15) is 0 Å². The fourth-order valence-electron chi connectivity index (χ4n) is 1.83. The number of anilines is 1. The van der Waals surface area contributed by atoms with E-state index in [1.165, 1.54) is 6.08 Å². The van der Waals surface area contributed by atoms with Crippen molar-refractivity contribution in [2.24, 2.45) is 0 Å². The summed E-state index contributed by atoms with van der Waals surface area (Å²) in [7, 11) is 1.60. The molecule has 0 amide bonds. The number of carbonyl (C=O) groups is 1. The molecule has 0 aliphatic heterocycles. The first-order valence-corrected chi connectivity index (χ1v) is 6.77. The molecule has 0 aliphatic rings. The third kappa shape index (κ3) is 5.86. The first-order chi connectivity index (χ1) is 10.1. The molecule has 0 atom stereocenters. The molecular weight excluding hydrogens is 292 g/mol. The molecule has 5 nitrogen and oxygen atoms in total. The molecule has 1 N–H and O–H groups in total. The Morgan fingerprint density at radius 3 is 2.90 bits per heavy atom. The van der Waals surface area contributed by atoms with E-state index in [2.05, 4.69) is 6.07 Å². The summed E-state index contributed by atoms with van der Waals surface area (Å²) in [5.41, 5.74) is 1.52. The summed E-state index contributed by atoms with van der Waals surface area (Å²) in [4.78, 5) is 12.6. The van der Waals surface area contributed by atoms with Crippen LogP contribution in [0.25, 0.3) is 6.08 Å². The van der Waals surface area contributed by atoms with Crippen LogP contribution < -0.4 is 4.90 Å². The molecular formula is C15H17ClN2O3. The lowest BCUT2D eigenvalue weighted by molar-refractivity contribution is -0.131. The van der Waals surface area contributed by atoms with Gasteiger partial charge in [-0.05, 0) is 23.8 Å². The number of aliphatic carboxylic acids is 1. The highest BCUT2D eigenvalue weighted by atomic mass is 35.5. The quantitative estimate of drug-likeness (QED) is 0.748. The van der Waals surface area contributed by atoms with Gasteiger partial charge in [0.25, 0.3) is 0 Å². The topological polar surface area (TPSA) is 73.6 Å². The minimum absolute atomic E-state index is 0.359.